The number of ether oxygens (including phenoxy) is 1. The largest absolute Gasteiger partial charge is 0.493 e. The van der Waals surface area contributed by atoms with Crippen LogP contribution in [0, 0.1) is 19.7 Å². The number of rotatable bonds is 9. The highest BCUT2D eigenvalue weighted by molar-refractivity contribution is 7.89. The summed E-state index contributed by atoms with van der Waals surface area (Å²) in [5, 5.41) is 10.9. The second kappa shape index (κ2) is 9.79. The van der Waals surface area contributed by atoms with Crippen molar-refractivity contribution in [1.29, 1.82) is 0 Å². The van der Waals surface area contributed by atoms with Crippen LogP contribution in [0.15, 0.2) is 47.5 Å². The van der Waals surface area contributed by atoms with E-state index in [1.165, 1.54) is 24.3 Å². The van der Waals surface area contributed by atoms with Gasteiger partial charge in [0.25, 0.3) is 0 Å². The second-order valence-electron chi connectivity index (χ2n) is 7.21. The molecule has 0 unspecified atom stereocenters. The van der Waals surface area contributed by atoms with Crippen LogP contribution < -0.4 is 26.2 Å². The molecule has 1 amide bonds. The minimum Gasteiger partial charge on any atom is -0.493 e. The first-order valence-electron chi connectivity index (χ1n) is 9.75. The molecule has 0 aliphatic rings. The molecule has 10 nitrogen and oxygen atoms in total. The molecule has 2 aromatic carbocycles. The predicted octanol–water partition coefficient (Wildman–Crippen LogP) is 2.62. The van der Waals surface area contributed by atoms with Crippen molar-refractivity contribution in [1.82, 2.24) is 9.97 Å². The van der Waals surface area contributed by atoms with E-state index in [4.69, 9.17) is 15.6 Å². The molecule has 6 N–H and O–H groups in total. The number of primary amides is 1. The number of benzene rings is 2. The van der Waals surface area contributed by atoms with Gasteiger partial charge in [-0.1, -0.05) is 0 Å². The second-order valence-corrected chi connectivity index (χ2v) is 8.77. The molecule has 1 aromatic heterocycles. The third-order valence-electron chi connectivity index (χ3n) is 4.50. The van der Waals surface area contributed by atoms with Crippen LogP contribution in [0.25, 0.3) is 0 Å². The van der Waals surface area contributed by atoms with Crippen molar-refractivity contribution in [3.63, 3.8) is 0 Å². The number of halogens is 1. The Morgan fingerprint density at radius 1 is 1.09 bits per heavy atom. The Balaban J connectivity index is 1.76. The molecule has 3 aromatic rings. The maximum absolute atomic E-state index is 14.3. The summed E-state index contributed by atoms with van der Waals surface area (Å²) in [4.78, 5) is 18.9. The predicted molar refractivity (Wildman–Crippen MR) is 122 cm³/mol. The Bertz CT molecular complexity index is 1260. The molecule has 0 saturated heterocycles. The molecule has 174 valence electrons. The SMILES string of the molecule is Cc1cc(Nc2nc(Nc3ccc(S(N)(=O)=O)cc3)ncc2F)cc(C)c1OCCC(N)=O. The fourth-order valence-corrected chi connectivity index (χ4v) is 3.53. The number of nitrogens with zero attached hydrogens (tertiary/aromatic N) is 2. The van der Waals surface area contributed by atoms with Crippen LogP contribution in [0.4, 0.5) is 27.5 Å². The number of nitrogens with one attached hydrogen (secondary N) is 2. The van der Waals surface area contributed by atoms with Crippen LogP contribution in [0.3, 0.4) is 0 Å². The van der Waals surface area contributed by atoms with Gasteiger partial charge in [-0.3, -0.25) is 4.79 Å². The minimum atomic E-state index is -3.81. The quantitative estimate of drug-likeness (QED) is 0.368. The summed E-state index contributed by atoms with van der Waals surface area (Å²) < 4.78 is 42.7. The first-order valence-corrected chi connectivity index (χ1v) is 11.3. The summed E-state index contributed by atoms with van der Waals surface area (Å²) in [6.07, 6.45) is 1.11. The Hall–Kier alpha value is -3.77. The van der Waals surface area contributed by atoms with Gasteiger partial charge in [0.1, 0.15) is 5.75 Å². The van der Waals surface area contributed by atoms with Crippen LogP contribution in [-0.2, 0) is 14.8 Å². The van der Waals surface area contributed by atoms with E-state index in [2.05, 4.69) is 20.6 Å². The summed E-state index contributed by atoms with van der Waals surface area (Å²) in [7, 11) is -3.81. The van der Waals surface area contributed by atoms with Gasteiger partial charge in [0.05, 0.1) is 24.1 Å². The zero-order valence-electron chi connectivity index (χ0n) is 17.9. The number of sulfonamides is 1. The van der Waals surface area contributed by atoms with Crippen molar-refractivity contribution >= 4 is 39.1 Å². The molecule has 1 heterocycles. The van der Waals surface area contributed by atoms with E-state index >= 15 is 0 Å². The van der Waals surface area contributed by atoms with Crippen LogP contribution in [-0.4, -0.2) is 30.9 Å². The van der Waals surface area contributed by atoms with Crippen molar-refractivity contribution in [3.05, 3.63) is 59.5 Å². The van der Waals surface area contributed by atoms with Gasteiger partial charge in [-0.2, -0.15) is 4.98 Å². The molecule has 12 heteroatoms. The summed E-state index contributed by atoms with van der Waals surface area (Å²) in [5.41, 5.74) is 7.76. The number of carbonyl (C=O) groups is 1. The lowest BCUT2D eigenvalue weighted by Crippen LogP contribution is -2.15. The Morgan fingerprint density at radius 2 is 1.73 bits per heavy atom. The Kier molecular flexibility index (Phi) is 7.09. The van der Waals surface area contributed by atoms with Crippen LogP contribution in [0.1, 0.15) is 17.5 Å². The van der Waals surface area contributed by atoms with Gasteiger partial charge in [0, 0.05) is 11.4 Å². The molecule has 0 fully saturated rings. The fourth-order valence-electron chi connectivity index (χ4n) is 3.01. The van der Waals surface area contributed by atoms with E-state index in [0.29, 0.717) is 17.1 Å². The minimum absolute atomic E-state index is 0.0387. The molecule has 3 rings (SSSR count). The molecule has 0 aliphatic heterocycles. The fraction of sp³-hybridized carbons (Fsp3) is 0.190. The first-order chi connectivity index (χ1) is 15.5. The zero-order valence-corrected chi connectivity index (χ0v) is 18.7. The Morgan fingerprint density at radius 3 is 2.30 bits per heavy atom. The van der Waals surface area contributed by atoms with Crippen LogP contribution >= 0.6 is 0 Å². The summed E-state index contributed by atoms with van der Waals surface area (Å²) in [5.74, 6) is -0.456. The maximum Gasteiger partial charge on any atom is 0.238 e. The van der Waals surface area contributed by atoms with E-state index in [0.717, 1.165) is 17.3 Å². The first kappa shape index (κ1) is 23.9. The van der Waals surface area contributed by atoms with E-state index in [1.807, 2.05) is 13.8 Å². The third kappa shape index (κ3) is 6.37. The summed E-state index contributed by atoms with van der Waals surface area (Å²) >= 11 is 0. The summed E-state index contributed by atoms with van der Waals surface area (Å²) in [6, 6.07) is 9.16. The lowest BCUT2D eigenvalue weighted by molar-refractivity contribution is -0.118. The van der Waals surface area contributed by atoms with Crippen molar-refractivity contribution in [2.45, 2.75) is 25.2 Å². The Labute approximate surface area is 190 Å². The van der Waals surface area contributed by atoms with Gasteiger partial charge in [0.15, 0.2) is 11.6 Å². The number of amides is 1. The lowest BCUT2D eigenvalue weighted by Gasteiger charge is -2.15. The number of nitrogens with two attached hydrogens (primary N) is 2. The highest BCUT2D eigenvalue weighted by Crippen LogP contribution is 2.29. The number of primary sulfonamides is 1. The van der Waals surface area contributed by atoms with Crippen LogP contribution in [0.2, 0.25) is 0 Å². The molecule has 0 aliphatic carbocycles. The number of aromatic nitrogens is 2. The number of carbonyl (C=O) groups excluding carboxylic acids is 1. The van der Waals surface area contributed by atoms with Crippen LogP contribution in [0.5, 0.6) is 5.75 Å². The zero-order chi connectivity index (χ0) is 24.2. The average Bonchev–Trinajstić information content (AvgIpc) is 2.72. The third-order valence-corrected chi connectivity index (χ3v) is 5.43. The van der Waals surface area contributed by atoms with E-state index in [1.54, 1.807) is 12.1 Å². The highest BCUT2D eigenvalue weighted by Gasteiger charge is 2.12. The molecule has 0 spiro atoms. The molecule has 33 heavy (non-hydrogen) atoms. The normalized spacial score (nSPS) is 11.2. The average molecular weight is 475 g/mol. The summed E-state index contributed by atoms with van der Waals surface area (Å²) in [6.45, 7) is 3.82. The number of aryl methyl sites for hydroxylation is 2. The molecular weight excluding hydrogens is 451 g/mol. The molecule has 0 bridgehead atoms. The van der Waals surface area contributed by atoms with Gasteiger partial charge in [0.2, 0.25) is 21.9 Å². The van der Waals surface area contributed by atoms with Gasteiger partial charge < -0.3 is 21.1 Å². The van der Waals surface area contributed by atoms with Crippen molar-refractivity contribution < 1.29 is 22.3 Å². The lowest BCUT2D eigenvalue weighted by atomic mass is 10.1. The molecular formula is C21H23FN6O4S. The van der Waals surface area contributed by atoms with Gasteiger partial charge >= 0.3 is 0 Å². The van der Waals surface area contributed by atoms with E-state index in [9.17, 15) is 17.6 Å². The van der Waals surface area contributed by atoms with E-state index in [-0.39, 0.29) is 29.7 Å². The van der Waals surface area contributed by atoms with Crippen molar-refractivity contribution in [2.75, 3.05) is 17.2 Å². The van der Waals surface area contributed by atoms with Gasteiger partial charge in [-0.05, 0) is 61.4 Å². The molecule has 0 saturated carbocycles. The molecule has 0 atom stereocenters. The number of anilines is 4. The van der Waals surface area contributed by atoms with Crippen molar-refractivity contribution in [2.24, 2.45) is 10.9 Å². The number of hydrogen-bond acceptors (Lipinski definition) is 8. The monoisotopic (exact) mass is 474 g/mol. The van der Waals surface area contributed by atoms with E-state index < -0.39 is 21.7 Å². The highest BCUT2D eigenvalue weighted by atomic mass is 32.2. The maximum atomic E-state index is 14.3. The topological polar surface area (TPSA) is 162 Å². The number of hydrogen-bond donors (Lipinski definition) is 4. The molecule has 0 radical (unpaired) electrons. The standard InChI is InChI=1S/C21H23FN6O4S/c1-12-9-15(10-13(2)19(12)32-8-7-18(23)29)26-20-17(22)11-25-21(28-20)27-14-3-5-16(6-4-14)33(24,30)31/h3-6,9-11H,7-8H2,1-2H3,(H2,23,29)(H2,24,30,31)(H2,25,26,27,28). The van der Waals surface area contributed by atoms with Gasteiger partial charge in [-0.15, -0.1) is 0 Å². The van der Waals surface area contributed by atoms with Gasteiger partial charge in [-0.25, -0.2) is 22.9 Å². The smallest absolute Gasteiger partial charge is 0.238 e. The van der Waals surface area contributed by atoms with Crippen molar-refractivity contribution in [3.8, 4) is 5.75 Å².